The lowest BCUT2D eigenvalue weighted by molar-refractivity contribution is 0.253. The number of rotatable bonds is 4. The van der Waals surface area contributed by atoms with Crippen LogP contribution in [0.25, 0.3) is 0 Å². The van der Waals surface area contributed by atoms with Gasteiger partial charge in [0.25, 0.3) is 0 Å². The first kappa shape index (κ1) is 9.00. The van der Waals surface area contributed by atoms with Gasteiger partial charge in [-0.3, -0.25) is 0 Å². The van der Waals surface area contributed by atoms with Gasteiger partial charge in [0.05, 0.1) is 0 Å². The Morgan fingerprint density at radius 1 is 1.58 bits per heavy atom. The first-order valence-electron chi connectivity index (χ1n) is 3.89. The first-order valence-corrected chi connectivity index (χ1v) is 3.89. The standard InChI is InChI=1S/C9H13N2O/c1-11(2)7-8-12-9-5-3-4-6-10-9/h3-4,6H,7-8H2,1-2H3. The van der Waals surface area contributed by atoms with Gasteiger partial charge in [-0.25, -0.2) is 4.98 Å². The van der Waals surface area contributed by atoms with E-state index in [4.69, 9.17) is 4.74 Å². The zero-order valence-corrected chi connectivity index (χ0v) is 7.45. The molecule has 0 spiro atoms. The van der Waals surface area contributed by atoms with Crippen LogP contribution in [0.3, 0.4) is 0 Å². The highest BCUT2D eigenvalue weighted by atomic mass is 16.5. The summed E-state index contributed by atoms with van der Waals surface area (Å²) in [4.78, 5) is 6.04. The minimum atomic E-state index is 0.569. The van der Waals surface area contributed by atoms with Gasteiger partial charge in [0, 0.05) is 18.8 Å². The highest BCUT2D eigenvalue weighted by Crippen LogP contribution is 2.00. The molecule has 0 fully saturated rings. The second kappa shape index (κ2) is 4.72. The molecule has 3 nitrogen and oxygen atoms in total. The summed E-state index contributed by atoms with van der Waals surface area (Å²) >= 11 is 0. The highest BCUT2D eigenvalue weighted by molar-refractivity contribution is 5.06. The van der Waals surface area contributed by atoms with Gasteiger partial charge < -0.3 is 9.64 Å². The summed E-state index contributed by atoms with van der Waals surface area (Å²) in [5.74, 6) is 0.569. The molecule has 0 N–H and O–H groups in total. The molecule has 0 aliphatic heterocycles. The summed E-state index contributed by atoms with van der Waals surface area (Å²) < 4.78 is 5.31. The maximum Gasteiger partial charge on any atom is 0.221 e. The van der Waals surface area contributed by atoms with Gasteiger partial charge in [-0.2, -0.15) is 0 Å². The van der Waals surface area contributed by atoms with Crippen LogP contribution in [0.4, 0.5) is 0 Å². The van der Waals surface area contributed by atoms with Crippen molar-refractivity contribution < 1.29 is 4.74 Å². The number of pyridine rings is 1. The maximum atomic E-state index is 5.31. The molecule has 1 rings (SSSR count). The normalized spacial score (nSPS) is 10.2. The molecule has 1 aromatic rings. The lowest BCUT2D eigenvalue weighted by Gasteiger charge is -2.09. The van der Waals surface area contributed by atoms with E-state index >= 15 is 0 Å². The van der Waals surface area contributed by atoms with E-state index in [1.54, 1.807) is 12.3 Å². The molecule has 1 radical (unpaired) electrons. The lowest BCUT2D eigenvalue weighted by Crippen LogP contribution is -2.19. The number of nitrogens with zero attached hydrogens (tertiary/aromatic N) is 2. The van der Waals surface area contributed by atoms with Crippen LogP contribution in [0.2, 0.25) is 0 Å². The largest absolute Gasteiger partial charge is 0.476 e. The Morgan fingerprint density at radius 2 is 2.42 bits per heavy atom. The van der Waals surface area contributed by atoms with Crippen molar-refractivity contribution in [2.45, 2.75) is 0 Å². The van der Waals surface area contributed by atoms with E-state index in [2.05, 4.69) is 16.0 Å². The average molecular weight is 165 g/mol. The van der Waals surface area contributed by atoms with E-state index in [1.165, 1.54) is 0 Å². The Labute approximate surface area is 73.0 Å². The van der Waals surface area contributed by atoms with E-state index in [0.717, 1.165) is 6.54 Å². The molecule has 65 valence electrons. The van der Waals surface area contributed by atoms with Gasteiger partial charge in [0.15, 0.2) is 0 Å². The Morgan fingerprint density at radius 3 is 3.00 bits per heavy atom. The minimum Gasteiger partial charge on any atom is -0.476 e. The quantitative estimate of drug-likeness (QED) is 0.660. The molecule has 1 heterocycles. The number of hydrogen-bond acceptors (Lipinski definition) is 3. The SMILES string of the molecule is CN(C)CCOc1[c]cccn1. The molecule has 1 aromatic heterocycles. The van der Waals surface area contributed by atoms with Gasteiger partial charge in [-0.15, -0.1) is 0 Å². The summed E-state index contributed by atoms with van der Waals surface area (Å²) in [5, 5.41) is 0. The van der Waals surface area contributed by atoms with Crippen LogP contribution in [0.1, 0.15) is 0 Å². The van der Waals surface area contributed by atoms with E-state index in [-0.39, 0.29) is 0 Å². The predicted molar refractivity (Wildman–Crippen MR) is 47.1 cm³/mol. The van der Waals surface area contributed by atoms with Crippen LogP contribution < -0.4 is 4.74 Å². The van der Waals surface area contributed by atoms with Crippen LogP contribution in [-0.4, -0.2) is 37.1 Å². The summed E-state index contributed by atoms with van der Waals surface area (Å²) in [5.41, 5.74) is 0. The van der Waals surface area contributed by atoms with Gasteiger partial charge in [0.2, 0.25) is 5.88 Å². The maximum absolute atomic E-state index is 5.31. The molecule has 0 aromatic carbocycles. The summed E-state index contributed by atoms with van der Waals surface area (Å²) in [7, 11) is 4.01. The predicted octanol–water partition coefficient (Wildman–Crippen LogP) is 0.822. The fraction of sp³-hybridized carbons (Fsp3) is 0.444. The van der Waals surface area contributed by atoms with E-state index in [0.29, 0.717) is 12.5 Å². The van der Waals surface area contributed by atoms with E-state index in [1.807, 2.05) is 20.2 Å². The summed E-state index contributed by atoms with van der Waals surface area (Å²) in [6.45, 7) is 1.55. The fourth-order valence-electron chi connectivity index (χ4n) is 0.714. The van der Waals surface area contributed by atoms with E-state index < -0.39 is 0 Å². The van der Waals surface area contributed by atoms with Gasteiger partial charge in [-0.05, 0) is 26.2 Å². The van der Waals surface area contributed by atoms with Gasteiger partial charge in [0.1, 0.15) is 6.61 Å². The third-order valence-corrected chi connectivity index (χ3v) is 1.36. The molecule has 0 aliphatic rings. The molecule has 0 saturated carbocycles. The summed E-state index contributed by atoms with van der Waals surface area (Å²) in [6.07, 6.45) is 1.70. The van der Waals surface area contributed by atoms with Crippen LogP contribution in [0.15, 0.2) is 18.3 Å². The fourth-order valence-corrected chi connectivity index (χ4v) is 0.714. The van der Waals surface area contributed by atoms with Crippen molar-refractivity contribution in [3.05, 3.63) is 24.4 Å². The monoisotopic (exact) mass is 165 g/mol. The van der Waals surface area contributed by atoms with Gasteiger partial charge in [-0.1, -0.05) is 0 Å². The Kier molecular flexibility index (Phi) is 3.54. The van der Waals surface area contributed by atoms with Crippen molar-refractivity contribution in [1.82, 2.24) is 9.88 Å². The minimum absolute atomic E-state index is 0.569. The molecular weight excluding hydrogens is 152 g/mol. The molecule has 12 heavy (non-hydrogen) atoms. The molecule has 0 unspecified atom stereocenters. The van der Waals surface area contributed by atoms with Crippen molar-refractivity contribution in [2.75, 3.05) is 27.2 Å². The second-order valence-corrected chi connectivity index (χ2v) is 2.74. The topological polar surface area (TPSA) is 25.4 Å². The van der Waals surface area contributed by atoms with Crippen LogP contribution in [0.5, 0.6) is 5.88 Å². The number of likely N-dealkylation sites (N-methyl/N-ethyl adjacent to an activating group) is 1. The molecular formula is C9H13N2O. The highest BCUT2D eigenvalue weighted by Gasteiger charge is 1.93. The summed E-state index contributed by atoms with van der Waals surface area (Å²) in [6, 6.07) is 6.50. The zero-order valence-electron chi connectivity index (χ0n) is 7.45. The third kappa shape index (κ3) is 3.34. The number of ether oxygens (including phenoxy) is 1. The van der Waals surface area contributed by atoms with E-state index in [9.17, 15) is 0 Å². The smallest absolute Gasteiger partial charge is 0.221 e. The van der Waals surface area contributed by atoms with Crippen LogP contribution in [-0.2, 0) is 0 Å². The third-order valence-electron chi connectivity index (χ3n) is 1.36. The van der Waals surface area contributed by atoms with Crippen molar-refractivity contribution in [3.63, 3.8) is 0 Å². The molecule has 0 atom stereocenters. The molecule has 0 amide bonds. The van der Waals surface area contributed by atoms with Crippen LogP contribution >= 0.6 is 0 Å². The number of hydrogen-bond donors (Lipinski definition) is 0. The lowest BCUT2D eigenvalue weighted by atomic mass is 10.5. The Balaban J connectivity index is 2.25. The number of aromatic nitrogens is 1. The Bertz CT molecular complexity index is 211. The second-order valence-electron chi connectivity index (χ2n) is 2.74. The van der Waals surface area contributed by atoms with Gasteiger partial charge >= 0.3 is 0 Å². The van der Waals surface area contributed by atoms with Crippen LogP contribution in [0, 0.1) is 6.07 Å². The average Bonchev–Trinajstić information content (AvgIpc) is 2.05. The van der Waals surface area contributed by atoms with Crippen molar-refractivity contribution in [3.8, 4) is 5.88 Å². The molecule has 0 aliphatic carbocycles. The van der Waals surface area contributed by atoms with Crippen molar-refractivity contribution >= 4 is 0 Å². The molecule has 0 bridgehead atoms. The van der Waals surface area contributed by atoms with Crippen molar-refractivity contribution in [2.24, 2.45) is 0 Å². The molecule has 0 saturated heterocycles. The van der Waals surface area contributed by atoms with Crippen molar-refractivity contribution in [1.29, 1.82) is 0 Å². The Hall–Kier alpha value is -1.09. The zero-order chi connectivity index (χ0) is 8.81. The first-order chi connectivity index (χ1) is 5.79. The molecule has 3 heteroatoms.